The van der Waals surface area contributed by atoms with Crippen LogP contribution in [0.4, 0.5) is 4.79 Å². The summed E-state index contributed by atoms with van der Waals surface area (Å²) in [6.45, 7) is -0.0156. The maximum absolute atomic E-state index is 12.6. The molecule has 0 bridgehead atoms. The Bertz CT molecular complexity index is 351. The number of aliphatic carboxylic acids is 1. The lowest BCUT2D eigenvalue weighted by atomic mass is 9.94. The lowest BCUT2D eigenvalue weighted by Crippen LogP contribution is -2.51. The highest BCUT2D eigenvalue weighted by Gasteiger charge is 2.38. The van der Waals surface area contributed by atoms with Crippen LogP contribution in [-0.4, -0.2) is 63.8 Å². The van der Waals surface area contributed by atoms with E-state index in [1.165, 1.54) is 11.3 Å². The van der Waals surface area contributed by atoms with Crippen molar-refractivity contribution in [1.82, 2.24) is 9.80 Å². The molecule has 0 spiro atoms. The van der Waals surface area contributed by atoms with Crippen molar-refractivity contribution in [3.05, 3.63) is 0 Å². The largest absolute Gasteiger partial charge is 0.480 e. The van der Waals surface area contributed by atoms with Crippen molar-refractivity contribution in [1.29, 1.82) is 0 Å². The van der Waals surface area contributed by atoms with E-state index in [0.717, 1.165) is 38.5 Å². The van der Waals surface area contributed by atoms with Crippen molar-refractivity contribution in [2.45, 2.75) is 57.0 Å². The Morgan fingerprint density at radius 3 is 2.05 bits per heavy atom. The monoisotopic (exact) mass is 284 g/mol. The molecule has 6 nitrogen and oxygen atoms in total. The molecule has 114 valence electrons. The molecule has 0 unspecified atom stereocenters. The van der Waals surface area contributed by atoms with Gasteiger partial charge >= 0.3 is 12.0 Å². The van der Waals surface area contributed by atoms with E-state index in [1.54, 1.807) is 4.90 Å². The van der Waals surface area contributed by atoms with Gasteiger partial charge in [-0.25, -0.2) is 4.79 Å². The minimum atomic E-state index is -0.974. The fourth-order valence-electron chi connectivity index (χ4n) is 2.98. The number of rotatable bonds is 6. The van der Waals surface area contributed by atoms with Crippen LogP contribution >= 0.6 is 0 Å². The lowest BCUT2D eigenvalue weighted by molar-refractivity contribution is -0.138. The van der Waals surface area contributed by atoms with Crippen LogP contribution in [0.5, 0.6) is 0 Å². The number of aliphatic hydroxyl groups is 1. The van der Waals surface area contributed by atoms with Gasteiger partial charge in [0.15, 0.2) is 0 Å². The zero-order chi connectivity index (χ0) is 14.5. The van der Waals surface area contributed by atoms with E-state index >= 15 is 0 Å². The summed E-state index contributed by atoms with van der Waals surface area (Å²) in [4.78, 5) is 26.7. The van der Waals surface area contributed by atoms with Gasteiger partial charge in [-0.3, -0.25) is 4.79 Å². The molecule has 0 heterocycles. The van der Waals surface area contributed by atoms with Crippen LogP contribution in [0.2, 0.25) is 0 Å². The summed E-state index contributed by atoms with van der Waals surface area (Å²) in [7, 11) is 0. The van der Waals surface area contributed by atoms with E-state index in [9.17, 15) is 14.7 Å². The molecule has 0 aromatic rings. The maximum Gasteiger partial charge on any atom is 0.323 e. The molecule has 0 saturated heterocycles. The van der Waals surface area contributed by atoms with Gasteiger partial charge in [0.2, 0.25) is 0 Å². The van der Waals surface area contributed by atoms with Gasteiger partial charge in [-0.05, 0) is 25.7 Å². The number of carbonyl (C=O) groups excluding carboxylic acids is 1. The second kappa shape index (κ2) is 6.92. The summed E-state index contributed by atoms with van der Waals surface area (Å²) >= 11 is 0. The molecule has 2 aliphatic rings. The van der Waals surface area contributed by atoms with Crippen molar-refractivity contribution < 1.29 is 19.8 Å². The molecule has 2 N–H and O–H groups in total. The topological polar surface area (TPSA) is 81.1 Å². The Hall–Kier alpha value is -1.30. The number of carbonyl (C=O) groups is 2. The molecule has 2 fully saturated rings. The number of hydrogen-bond donors (Lipinski definition) is 2. The number of nitrogens with zero attached hydrogens (tertiary/aromatic N) is 2. The fraction of sp³-hybridized carbons (Fsp3) is 0.857. The van der Waals surface area contributed by atoms with Crippen molar-refractivity contribution >= 4 is 12.0 Å². The highest BCUT2D eigenvalue weighted by Crippen LogP contribution is 2.30. The first-order chi connectivity index (χ1) is 9.63. The zero-order valence-corrected chi connectivity index (χ0v) is 11.8. The minimum Gasteiger partial charge on any atom is -0.480 e. The summed E-state index contributed by atoms with van der Waals surface area (Å²) < 4.78 is 0. The van der Waals surface area contributed by atoms with Crippen LogP contribution in [0.25, 0.3) is 0 Å². The summed E-state index contributed by atoms with van der Waals surface area (Å²) in [5.74, 6) is -0.974. The molecule has 20 heavy (non-hydrogen) atoms. The first-order valence-electron chi connectivity index (χ1n) is 7.53. The van der Waals surface area contributed by atoms with E-state index in [2.05, 4.69) is 0 Å². The first kappa shape index (κ1) is 15.1. The third-order valence-corrected chi connectivity index (χ3v) is 4.14. The van der Waals surface area contributed by atoms with Crippen LogP contribution in [0.3, 0.4) is 0 Å². The minimum absolute atomic E-state index is 0.0726. The summed E-state index contributed by atoms with van der Waals surface area (Å²) in [5, 5.41) is 18.2. The molecule has 6 heteroatoms. The Kier molecular flexibility index (Phi) is 5.23. The average molecular weight is 284 g/mol. The van der Waals surface area contributed by atoms with Crippen LogP contribution < -0.4 is 0 Å². The van der Waals surface area contributed by atoms with E-state index in [4.69, 9.17) is 5.11 Å². The number of carboxylic acids is 1. The van der Waals surface area contributed by atoms with Crippen LogP contribution in [-0.2, 0) is 4.79 Å². The molecule has 2 aliphatic carbocycles. The maximum atomic E-state index is 12.6. The molecule has 2 saturated carbocycles. The highest BCUT2D eigenvalue weighted by molar-refractivity contribution is 5.81. The standard InChI is InChI=1S/C14H24N2O4/c17-9-8-15(11-4-2-1-3-5-11)14(20)16(10-13(18)19)12-6-7-12/h11-12,17H,1-10H2,(H,18,19). The van der Waals surface area contributed by atoms with Gasteiger partial charge in [-0.1, -0.05) is 19.3 Å². The molecule has 2 amide bonds. The fourth-order valence-corrected chi connectivity index (χ4v) is 2.98. The Morgan fingerprint density at radius 1 is 0.950 bits per heavy atom. The number of carboxylic acid groups (broad SMARTS) is 1. The molecule has 0 atom stereocenters. The van der Waals surface area contributed by atoms with Gasteiger partial charge in [0.05, 0.1) is 6.61 Å². The summed E-state index contributed by atoms with van der Waals surface area (Å²) in [6, 6.07) is 0.0117. The lowest BCUT2D eigenvalue weighted by Gasteiger charge is -2.37. The molecule has 0 aromatic carbocycles. The number of urea groups is 1. The zero-order valence-electron chi connectivity index (χ0n) is 11.8. The van der Waals surface area contributed by atoms with Gasteiger partial charge < -0.3 is 20.0 Å². The van der Waals surface area contributed by atoms with Crippen LogP contribution in [0.15, 0.2) is 0 Å². The van der Waals surface area contributed by atoms with Gasteiger partial charge in [0.25, 0.3) is 0 Å². The molecule has 0 aromatic heterocycles. The molecular weight excluding hydrogens is 260 g/mol. The summed E-state index contributed by atoms with van der Waals surface area (Å²) in [5.41, 5.74) is 0. The quantitative estimate of drug-likeness (QED) is 0.770. The Morgan fingerprint density at radius 2 is 1.55 bits per heavy atom. The second-order valence-electron chi connectivity index (χ2n) is 5.74. The van der Waals surface area contributed by atoms with Crippen molar-refractivity contribution in [3.63, 3.8) is 0 Å². The smallest absolute Gasteiger partial charge is 0.323 e. The molecule has 0 aliphatic heterocycles. The predicted molar refractivity (Wildman–Crippen MR) is 73.4 cm³/mol. The Balaban J connectivity index is 2.04. The van der Waals surface area contributed by atoms with E-state index in [1.807, 2.05) is 0 Å². The number of hydrogen-bond acceptors (Lipinski definition) is 3. The van der Waals surface area contributed by atoms with Gasteiger partial charge in [0, 0.05) is 18.6 Å². The molecule has 0 radical (unpaired) electrons. The van der Waals surface area contributed by atoms with E-state index in [0.29, 0.717) is 6.54 Å². The third-order valence-electron chi connectivity index (χ3n) is 4.14. The van der Waals surface area contributed by atoms with Crippen molar-refractivity contribution in [3.8, 4) is 0 Å². The third kappa shape index (κ3) is 3.85. The van der Waals surface area contributed by atoms with Gasteiger partial charge in [-0.2, -0.15) is 0 Å². The van der Waals surface area contributed by atoms with Crippen molar-refractivity contribution in [2.75, 3.05) is 19.7 Å². The van der Waals surface area contributed by atoms with Crippen LogP contribution in [0, 0.1) is 0 Å². The van der Waals surface area contributed by atoms with Crippen LogP contribution in [0.1, 0.15) is 44.9 Å². The average Bonchev–Trinajstić information content (AvgIpc) is 3.27. The number of aliphatic hydroxyl groups excluding tert-OH is 1. The van der Waals surface area contributed by atoms with Gasteiger partial charge in [-0.15, -0.1) is 0 Å². The highest BCUT2D eigenvalue weighted by atomic mass is 16.4. The Labute approximate surface area is 119 Å². The van der Waals surface area contributed by atoms with E-state index in [-0.39, 0.29) is 31.3 Å². The molecular formula is C14H24N2O4. The molecule has 2 rings (SSSR count). The van der Waals surface area contributed by atoms with Gasteiger partial charge in [0.1, 0.15) is 6.54 Å². The first-order valence-corrected chi connectivity index (χ1v) is 7.53. The second-order valence-corrected chi connectivity index (χ2v) is 5.74. The van der Waals surface area contributed by atoms with Crippen molar-refractivity contribution in [2.24, 2.45) is 0 Å². The van der Waals surface area contributed by atoms with E-state index < -0.39 is 5.97 Å². The number of amides is 2. The SMILES string of the molecule is O=C(O)CN(C(=O)N(CCO)C1CCCCC1)C1CC1. The predicted octanol–water partition coefficient (Wildman–Crippen LogP) is 1.28. The summed E-state index contributed by atoms with van der Waals surface area (Å²) in [6.07, 6.45) is 7.07. The normalized spacial score (nSPS) is 19.6.